The fraction of sp³-hybridized carbons (Fsp3) is 0.105. The first-order chi connectivity index (χ1) is 14.5. The van der Waals surface area contributed by atoms with Gasteiger partial charge in [0.1, 0.15) is 5.01 Å². The van der Waals surface area contributed by atoms with Crippen LogP contribution in [0, 0.1) is 6.92 Å². The second-order valence-corrected chi connectivity index (χ2v) is 9.70. The zero-order chi connectivity index (χ0) is 20.7. The minimum Gasteiger partial charge on any atom is -0.459 e. The van der Waals surface area contributed by atoms with E-state index in [-0.39, 0.29) is 17.2 Å². The van der Waals surface area contributed by atoms with Gasteiger partial charge < -0.3 is 9.73 Å². The Bertz CT molecular complexity index is 1440. The van der Waals surface area contributed by atoms with E-state index in [1.165, 1.54) is 51.3 Å². The van der Waals surface area contributed by atoms with Crippen LogP contribution in [0.2, 0.25) is 0 Å². The normalized spacial score (nSPS) is 11.4. The molecule has 1 aromatic carbocycles. The number of thioether (sulfide) groups is 1. The summed E-state index contributed by atoms with van der Waals surface area (Å²) < 4.78 is 8.25. The molecule has 150 valence electrons. The summed E-state index contributed by atoms with van der Waals surface area (Å²) in [6, 6.07) is 10.3. The van der Waals surface area contributed by atoms with Crippen LogP contribution in [0.3, 0.4) is 0 Å². The lowest BCUT2D eigenvalue weighted by Gasteiger charge is -2.02. The van der Waals surface area contributed by atoms with Crippen molar-refractivity contribution in [1.29, 1.82) is 0 Å². The molecule has 4 aromatic heterocycles. The molecule has 0 aliphatic rings. The molecule has 0 fully saturated rings. The third kappa shape index (κ3) is 3.74. The predicted octanol–water partition coefficient (Wildman–Crippen LogP) is 4.21. The van der Waals surface area contributed by atoms with E-state index in [2.05, 4.69) is 20.4 Å². The molecule has 5 rings (SSSR count). The molecule has 8 nitrogen and oxygen atoms in total. The van der Waals surface area contributed by atoms with Crippen LogP contribution < -0.4 is 10.9 Å². The number of aromatic nitrogens is 4. The number of nitrogens with one attached hydrogen (secondary N) is 1. The summed E-state index contributed by atoms with van der Waals surface area (Å²) in [6.07, 6.45) is 1.46. The number of carbonyl (C=O) groups is 1. The monoisotopic (exact) mass is 455 g/mol. The zero-order valence-electron chi connectivity index (χ0n) is 15.5. The van der Waals surface area contributed by atoms with Crippen LogP contribution in [0.25, 0.3) is 15.2 Å². The molecule has 4 heterocycles. The molecule has 1 N–H and O–H groups in total. The minimum absolute atomic E-state index is 0.179. The summed E-state index contributed by atoms with van der Waals surface area (Å²) in [5, 5.41) is 7.77. The van der Waals surface area contributed by atoms with E-state index in [9.17, 15) is 9.59 Å². The number of fused-ring (bicyclic) bond motifs is 2. The number of amides is 1. The highest BCUT2D eigenvalue weighted by atomic mass is 32.2. The van der Waals surface area contributed by atoms with Crippen molar-refractivity contribution in [2.24, 2.45) is 0 Å². The van der Waals surface area contributed by atoms with Gasteiger partial charge in [0.15, 0.2) is 10.1 Å². The Labute approximate surface area is 181 Å². The second kappa shape index (κ2) is 7.67. The average Bonchev–Trinajstić information content (AvgIpc) is 3.45. The lowest BCUT2D eigenvalue weighted by Crippen LogP contribution is -2.15. The van der Waals surface area contributed by atoms with Gasteiger partial charge in [-0.05, 0) is 37.3 Å². The summed E-state index contributed by atoms with van der Waals surface area (Å²) in [4.78, 5) is 34.0. The molecule has 0 saturated carbocycles. The van der Waals surface area contributed by atoms with Crippen LogP contribution in [-0.2, 0) is 5.75 Å². The Morgan fingerprint density at radius 1 is 1.23 bits per heavy atom. The third-order valence-corrected chi connectivity index (χ3v) is 7.13. The van der Waals surface area contributed by atoms with E-state index in [0.717, 1.165) is 19.6 Å². The number of benzene rings is 1. The van der Waals surface area contributed by atoms with E-state index in [1.54, 1.807) is 18.2 Å². The predicted molar refractivity (Wildman–Crippen MR) is 118 cm³/mol. The topological polar surface area (TPSA) is 102 Å². The number of rotatable bonds is 5. The molecule has 0 bridgehead atoms. The molecular weight excluding hydrogens is 442 g/mol. The lowest BCUT2D eigenvalue weighted by atomic mass is 10.3. The highest BCUT2D eigenvalue weighted by Crippen LogP contribution is 2.32. The first-order valence-corrected chi connectivity index (χ1v) is 11.4. The van der Waals surface area contributed by atoms with Crippen molar-refractivity contribution in [1.82, 2.24) is 19.6 Å². The van der Waals surface area contributed by atoms with Gasteiger partial charge in [0, 0.05) is 17.5 Å². The fourth-order valence-electron chi connectivity index (χ4n) is 2.80. The van der Waals surface area contributed by atoms with Crippen molar-refractivity contribution in [3.05, 3.63) is 69.5 Å². The number of nitrogens with zero attached hydrogens (tertiary/aromatic N) is 4. The van der Waals surface area contributed by atoms with Crippen molar-refractivity contribution >= 4 is 61.2 Å². The number of carbonyl (C=O) groups excluding carboxylic acids is 1. The summed E-state index contributed by atoms with van der Waals surface area (Å²) >= 11 is 4.43. The van der Waals surface area contributed by atoms with Gasteiger partial charge in [-0.2, -0.15) is 9.61 Å². The number of furan rings is 1. The lowest BCUT2D eigenvalue weighted by molar-refractivity contribution is 0.0996. The van der Waals surface area contributed by atoms with Crippen LogP contribution in [0.1, 0.15) is 21.3 Å². The minimum atomic E-state index is -0.301. The molecule has 0 atom stereocenters. The standard InChI is InChI=1S/C19H13N5O3S3/c1-10-23-24-16(25)8-12(21-18(24)29-10)9-28-19-22-13-5-4-11(7-15(13)30-19)20-17(26)14-3-2-6-27-14/h2-8H,9H2,1H3,(H,20,26). The number of thiazole rings is 1. The van der Waals surface area contributed by atoms with Gasteiger partial charge in [-0.3, -0.25) is 9.59 Å². The Morgan fingerprint density at radius 2 is 2.13 bits per heavy atom. The van der Waals surface area contributed by atoms with Crippen molar-refractivity contribution in [2.45, 2.75) is 17.0 Å². The molecule has 0 radical (unpaired) electrons. The first kappa shape index (κ1) is 19.0. The summed E-state index contributed by atoms with van der Waals surface area (Å²) in [7, 11) is 0. The third-order valence-electron chi connectivity index (χ3n) is 4.11. The van der Waals surface area contributed by atoms with Gasteiger partial charge in [0.25, 0.3) is 11.5 Å². The fourth-order valence-corrected chi connectivity index (χ4v) is 5.57. The highest BCUT2D eigenvalue weighted by molar-refractivity contribution is 8.00. The number of hydrogen-bond donors (Lipinski definition) is 1. The van der Waals surface area contributed by atoms with Crippen LogP contribution in [0.4, 0.5) is 5.69 Å². The molecule has 1 amide bonds. The first-order valence-electron chi connectivity index (χ1n) is 8.80. The van der Waals surface area contributed by atoms with Gasteiger partial charge in [0.2, 0.25) is 4.96 Å². The van der Waals surface area contributed by atoms with Gasteiger partial charge in [-0.1, -0.05) is 23.1 Å². The van der Waals surface area contributed by atoms with E-state index < -0.39 is 0 Å². The maximum absolute atomic E-state index is 12.2. The van der Waals surface area contributed by atoms with Gasteiger partial charge in [0.05, 0.1) is 22.2 Å². The Hall–Kier alpha value is -3.02. The average molecular weight is 456 g/mol. The summed E-state index contributed by atoms with van der Waals surface area (Å²) in [5.41, 5.74) is 2.03. The largest absolute Gasteiger partial charge is 0.459 e. The Morgan fingerprint density at radius 3 is 2.97 bits per heavy atom. The number of anilines is 1. The van der Waals surface area contributed by atoms with Gasteiger partial charge in [-0.25, -0.2) is 9.97 Å². The van der Waals surface area contributed by atoms with Crippen LogP contribution in [-0.4, -0.2) is 25.5 Å². The van der Waals surface area contributed by atoms with E-state index in [0.29, 0.717) is 22.1 Å². The van der Waals surface area contributed by atoms with Crippen molar-refractivity contribution < 1.29 is 9.21 Å². The molecule has 0 unspecified atom stereocenters. The van der Waals surface area contributed by atoms with E-state index in [4.69, 9.17) is 4.42 Å². The quantitative estimate of drug-likeness (QED) is 0.396. The van der Waals surface area contributed by atoms with Crippen LogP contribution in [0.5, 0.6) is 0 Å². The smallest absolute Gasteiger partial charge is 0.291 e. The number of hydrogen-bond acceptors (Lipinski definition) is 9. The molecule has 0 aliphatic heterocycles. The number of aryl methyl sites for hydroxylation is 1. The molecular formula is C19H13N5O3S3. The maximum Gasteiger partial charge on any atom is 0.291 e. The Kier molecular flexibility index (Phi) is 4.85. The molecule has 5 aromatic rings. The van der Waals surface area contributed by atoms with Crippen molar-refractivity contribution in [2.75, 3.05) is 5.32 Å². The Balaban J connectivity index is 1.33. The highest BCUT2D eigenvalue weighted by Gasteiger charge is 2.12. The van der Waals surface area contributed by atoms with E-state index in [1.807, 2.05) is 19.1 Å². The van der Waals surface area contributed by atoms with Gasteiger partial charge >= 0.3 is 0 Å². The summed E-state index contributed by atoms with van der Waals surface area (Å²) in [6.45, 7) is 1.85. The molecule has 0 aliphatic carbocycles. The van der Waals surface area contributed by atoms with Crippen LogP contribution in [0.15, 0.2) is 56.2 Å². The SMILES string of the molecule is Cc1nn2c(=O)cc(CSc3nc4ccc(NC(=O)c5ccco5)cc4s3)nc2s1. The van der Waals surface area contributed by atoms with Crippen molar-refractivity contribution in [3.8, 4) is 0 Å². The van der Waals surface area contributed by atoms with Crippen molar-refractivity contribution in [3.63, 3.8) is 0 Å². The van der Waals surface area contributed by atoms with Gasteiger partial charge in [-0.15, -0.1) is 11.3 Å². The molecule has 0 saturated heterocycles. The van der Waals surface area contributed by atoms with E-state index >= 15 is 0 Å². The second-order valence-electron chi connectivity index (χ2n) is 6.28. The van der Waals surface area contributed by atoms with Crippen LogP contribution >= 0.6 is 34.4 Å². The molecule has 30 heavy (non-hydrogen) atoms. The maximum atomic E-state index is 12.2. The molecule has 11 heteroatoms. The summed E-state index contributed by atoms with van der Waals surface area (Å²) in [5.74, 6) is 0.488. The zero-order valence-corrected chi connectivity index (χ0v) is 17.9. The molecule has 0 spiro atoms.